The van der Waals surface area contributed by atoms with E-state index in [0.29, 0.717) is 13.1 Å². The van der Waals surface area contributed by atoms with Gasteiger partial charge in [-0.05, 0) is 78.4 Å². The highest BCUT2D eigenvalue weighted by molar-refractivity contribution is 5.99. The second-order valence-electron chi connectivity index (χ2n) is 11.2. The molecule has 0 spiro atoms. The fourth-order valence-corrected chi connectivity index (χ4v) is 5.23. The summed E-state index contributed by atoms with van der Waals surface area (Å²) in [6, 6.07) is 4.23. The zero-order valence-electron chi connectivity index (χ0n) is 21.2. The van der Waals surface area contributed by atoms with Crippen LogP contribution in [0.25, 0.3) is 11.1 Å². The number of benzene rings is 1. The van der Waals surface area contributed by atoms with Crippen molar-refractivity contribution in [1.82, 2.24) is 14.7 Å². The molecule has 5 rings (SSSR count). The van der Waals surface area contributed by atoms with Gasteiger partial charge in [0.15, 0.2) is 0 Å². The summed E-state index contributed by atoms with van der Waals surface area (Å²) in [6.45, 7) is 8.97. The lowest BCUT2D eigenvalue weighted by Gasteiger charge is -2.36. The fourth-order valence-electron chi connectivity index (χ4n) is 5.23. The topological polar surface area (TPSA) is 87.9 Å². The van der Waals surface area contributed by atoms with E-state index in [4.69, 9.17) is 4.74 Å². The first-order valence-electron chi connectivity index (χ1n) is 12.8. The van der Waals surface area contributed by atoms with Crippen molar-refractivity contribution in [2.75, 3.05) is 18.0 Å². The predicted molar refractivity (Wildman–Crippen MR) is 133 cm³/mol. The maximum atomic E-state index is 12.9. The van der Waals surface area contributed by atoms with Gasteiger partial charge in [-0.1, -0.05) is 0 Å². The lowest BCUT2D eigenvalue weighted by atomic mass is 9.92. The lowest BCUT2D eigenvalue weighted by Crippen LogP contribution is -2.43. The molecule has 0 unspecified atom stereocenters. The van der Waals surface area contributed by atoms with Crippen LogP contribution in [-0.4, -0.2) is 56.5 Å². The number of hydrogen-bond donors (Lipinski definition) is 1. The molecule has 1 atom stereocenters. The van der Waals surface area contributed by atoms with Gasteiger partial charge in [0.05, 0.1) is 17.9 Å². The Kier molecular flexibility index (Phi) is 6.01. The number of ether oxygens (including phenoxy) is 1. The number of fused-ring (bicyclic) bond motifs is 1. The summed E-state index contributed by atoms with van der Waals surface area (Å²) in [5.41, 5.74) is 2.81. The maximum absolute atomic E-state index is 12.9. The standard InChI is InChI=1S/C27H36N4O4/c1-17-5-8-22-23(31(17)25(33)18-6-7-18)10-9-21(24(22)32)19-15-28-30(16-19)20-11-13-29(14-12-20)26(34)35-27(2,3)4/h9-10,15-18,20,32H,5-8,11-14H2,1-4H3/t17-/m0/s1. The molecule has 1 saturated heterocycles. The molecule has 1 aromatic heterocycles. The zero-order valence-corrected chi connectivity index (χ0v) is 21.2. The molecule has 1 saturated carbocycles. The Morgan fingerprint density at radius 3 is 2.46 bits per heavy atom. The van der Waals surface area contributed by atoms with E-state index in [1.165, 1.54) is 0 Å². The van der Waals surface area contributed by atoms with Crippen molar-refractivity contribution in [3.8, 4) is 16.9 Å². The Morgan fingerprint density at radius 1 is 1.09 bits per heavy atom. The van der Waals surface area contributed by atoms with Crippen LogP contribution < -0.4 is 4.90 Å². The predicted octanol–water partition coefficient (Wildman–Crippen LogP) is 4.91. The molecule has 188 valence electrons. The molecule has 3 heterocycles. The number of nitrogens with zero attached hydrogens (tertiary/aromatic N) is 4. The molecule has 8 heteroatoms. The highest BCUT2D eigenvalue weighted by Gasteiger charge is 2.39. The summed E-state index contributed by atoms with van der Waals surface area (Å²) < 4.78 is 7.45. The van der Waals surface area contributed by atoms with Gasteiger partial charge in [0.25, 0.3) is 0 Å². The zero-order chi connectivity index (χ0) is 24.9. The van der Waals surface area contributed by atoms with Crippen molar-refractivity contribution in [3.05, 3.63) is 30.1 Å². The van der Waals surface area contributed by atoms with Gasteiger partial charge >= 0.3 is 6.09 Å². The molecule has 35 heavy (non-hydrogen) atoms. The second kappa shape index (κ2) is 8.88. The van der Waals surface area contributed by atoms with Gasteiger partial charge in [0.1, 0.15) is 11.4 Å². The van der Waals surface area contributed by atoms with Crippen LogP contribution in [0.4, 0.5) is 10.5 Å². The number of aromatic hydroxyl groups is 1. The van der Waals surface area contributed by atoms with Crippen LogP contribution in [0.1, 0.15) is 71.4 Å². The number of hydrogen-bond acceptors (Lipinski definition) is 5. The number of likely N-dealkylation sites (tertiary alicyclic amines) is 1. The quantitative estimate of drug-likeness (QED) is 0.675. The summed E-state index contributed by atoms with van der Waals surface area (Å²) >= 11 is 0. The Hall–Kier alpha value is -3.03. The number of aromatic nitrogens is 2. The molecule has 2 fully saturated rings. The van der Waals surface area contributed by atoms with Crippen molar-refractivity contribution < 1.29 is 19.4 Å². The molecule has 2 aromatic rings. The third kappa shape index (κ3) is 4.75. The first-order chi connectivity index (χ1) is 16.6. The third-order valence-corrected chi connectivity index (χ3v) is 7.34. The molecule has 2 aliphatic heterocycles. The molecular weight excluding hydrogens is 444 g/mol. The van der Waals surface area contributed by atoms with Crippen LogP contribution in [0, 0.1) is 5.92 Å². The summed E-state index contributed by atoms with van der Waals surface area (Å²) in [4.78, 5) is 28.9. The van der Waals surface area contributed by atoms with Crippen LogP contribution in [0.2, 0.25) is 0 Å². The van der Waals surface area contributed by atoms with Crippen LogP contribution >= 0.6 is 0 Å². The van der Waals surface area contributed by atoms with E-state index in [-0.39, 0.29) is 35.8 Å². The number of carbonyl (C=O) groups is 2. The monoisotopic (exact) mass is 480 g/mol. The molecule has 8 nitrogen and oxygen atoms in total. The van der Waals surface area contributed by atoms with Gasteiger partial charge in [-0.15, -0.1) is 0 Å². The Morgan fingerprint density at radius 2 is 1.80 bits per heavy atom. The SMILES string of the molecule is C[C@H]1CCc2c(ccc(-c3cnn(C4CCN(C(=O)OC(C)(C)C)CC4)c3)c2O)N1C(=O)C1CC1. The minimum Gasteiger partial charge on any atom is -0.507 e. The van der Waals surface area contributed by atoms with Crippen molar-refractivity contribution in [1.29, 1.82) is 0 Å². The van der Waals surface area contributed by atoms with E-state index >= 15 is 0 Å². The van der Waals surface area contributed by atoms with E-state index in [1.54, 1.807) is 11.1 Å². The number of rotatable bonds is 3. The maximum Gasteiger partial charge on any atom is 0.410 e. The van der Waals surface area contributed by atoms with Crippen LogP contribution in [0.5, 0.6) is 5.75 Å². The number of phenolic OH excluding ortho intramolecular Hbond substituents is 1. The van der Waals surface area contributed by atoms with E-state index in [2.05, 4.69) is 12.0 Å². The van der Waals surface area contributed by atoms with E-state index in [0.717, 1.165) is 60.9 Å². The highest BCUT2D eigenvalue weighted by Crippen LogP contribution is 2.44. The van der Waals surface area contributed by atoms with Crippen LogP contribution in [0.15, 0.2) is 24.5 Å². The Labute approximate surface area is 206 Å². The number of carbonyl (C=O) groups excluding carboxylic acids is 2. The molecule has 1 N–H and O–H groups in total. The molecule has 1 aromatic carbocycles. The first-order valence-corrected chi connectivity index (χ1v) is 12.8. The molecule has 1 aliphatic carbocycles. The number of amides is 2. The van der Waals surface area contributed by atoms with E-state index in [9.17, 15) is 14.7 Å². The Balaban J connectivity index is 1.31. The van der Waals surface area contributed by atoms with Gasteiger partial charge < -0.3 is 19.6 Å². The summed E-state index contributed by atoms with van der Waals surface area (Å²) in [6.07, 6.45) is 8.64. The average Bonchev–Trinajstić information content (AvgIpc) is 3.55. The van der Waals surface area contributed by atoms with E-state index in [1.807, 2.05) is 48.7 Å². The van der Waals surface area contributed by atoms with Crippen molar-refractivity contribution in [2.45, 2.75) is 83.9 Å². The van der Waals surface area contributed by atoms with Crippen molar-refractivity contribution in [2.24, 2.45) is 5.92 Å². The molecule has 2 amide bonds. The summed E-state index contributed by atoms with van der Waals surface area (Å²) in [5, 5.41) is 15.8. The van der Waals surface area contributed by atoms with Gasteiger partial charge in [0.2, 0.25) is 5.91 Å². The van der Waals surface area contributed by atoms with Gasteiger partial charge in [-0.25, -0.2) is 4.79 Å². The number of anilines is 1. The summed E-state index contributed by atoms with van der Waals surface area (Å²) in [7, 11) is 0. The highest BCUT2D eigenvalue weighted by atomic mass is 16.6. The van der Waals surface area contributed by atoms with Gasteiger partial charge in [0, 0.05) is 47.9 Å². The van der Waals surface area contributed by atoms with Gasteiger partial charge in [-0.2, -0.15) is 5.10 Å². The van der Waals surface area contributed by atoms with Crippen LogP contribution in [-0.2, 0) is 16.0 Å². The lowest BCUT2D eigenvalue weighted by molar-refractivity contribution is -0.120. The van der Waals surface area contributed by atoms with Crippen molar-refractivity contribution in [3.63, 3.8) is 0 Å². The fraction of sp³-hybridized carbons (Fsp3) is 0.593. The van der Waals surface area contributed by atoms with Crippen molar-refractivity contribution >= 4 is 17.7 Å². The average molecular weight is 481 g/mol. The second-order valence-corrected chi connectivity index (χ2v) is 11.2. The molecular formula is C27H36N4O4. The number of phenols is 1. The molecule has 0 bridgehead atoms. The first kappa shape index (κ1) is 23.7. The normalized spacial score (nSPS) is 21.1. The molecule has 0 radical (unpaired) electrons. The third-order valence-electron chi connectivity index (χ3n) is 7.34. The number of piperidine rings is 1. The largest absolute Gasteiger partial charge is 0.507 e. The Bertz CT molecular complexity index is 1120. The van der Waals surface area contributed by atoms with E-state index < -0.39 is 5.60 Å². The summed E-state index contributed by atoms with van der Waals surface area (Å²) in [5.74, 6) is 0.587. The van der Waals surface area contributed by atoms with Crippen LogP contribution in [0.3, 0.4) is 0 Å². The van der Waals surface area contributed by atoms with Gasteiger partial charge in [-0.3, -0.25) is 9.48 Å². The molecule has 3 aliphatic rings. The minimum absolute atomic E-state index is 0.144. The smallest absolute Gasteiger partial charge is 0.410 e. The minimum atomic E-state index is -0.498.